The molecule has 0 bridgehead atoms. The van der Waals surface area contributed by atoms with Gasteiger partial charge < -0.3 is 4.90 Å². The molecule has 0 spiro atoms. The van der Waals surface area contributed by atoms with Crippen molar-refractivity contribution < 1.29 is 4.39 Å². The molecule has 1 aliphatic rings. The van der Waals surface area contributed by atoms with E-state index in [0.29, 0.717) is 0 Å². The molecule has 0 amide bonds. The van der Waals surface area contributed by atoms with Crippen LogP contribution in [-0.4, -0.2) is 34.3 Å². The summed E-state index contributed by atoms with van der Waals surface area (Å²) in [6, 6.07) is 3.87. The second-order valence-electron chi connectivity index (χ2n) is 4.90. The normalized spacial score (nSPS) is 17.6. The van der Waals surface area contributed by atoms with Gasteiger partial charge in [0.1, 0.15) is 5.52 Å². The van der Waals surface area contributed by atoms with Crippen LogP contribution in [-0.2, 0) is 7.05 Å². The Balaban J connectivity index is 1.89. The predicted molar refractivity (Wildman–Crippen MR) is 69.4 cm³/mol. The van der Waals surface area contributed by atoms with Gasteiger partial charge in [-0.15, -0.1) is 0 Å². The molecule has 0 atom stereocenters. The molecular weight excluding hydrogens is 231 g/mol. The lowest BCUT2D eigenvalue weighted by molar-refractivity contribution is 0.306. The Morgan fingerprint density at radius 2 is 2.17 bits per heavy atom. The van der Waals surface area contributed by atoms with E-state index in [1.807, 2.05) is 23.7 Å². The van der Waals surface area contributed by atoms with Crippen LogP contribution in [0.5, 0.6) is 0 Å². The van der Waals surface area contributed by atoms with Crippen LogP contribution in [0.3, 0.4) is 0 Å². The number of rotatable bonds is 2. The highest BCUT2D eigenvalue weighted by Gasteiger charge is 2.22. The number of pyridine rings is 1. The first-order valence-corrected chi connectivity index (χ1v) is 6.38. The molecule has 4 nitrogen and oxygen atoms in total. The zero-order chi connectivity index (χ0) is 12.5. The second-order valence-corrected chi connectivity index (χ2v) is 4.90. The van der Waals surface area contributed by atoms with E-state index in [1.54, 1.807) is 6.20 Å². The second kappa shape index (κ2) is 4.55. The Bertz CT molecular complexity index is 543. The van der Waals surface area contributed by atoms with Crippen molar-refractivity contribution in [2.45, 2.75) is 12.8 Å². The predicted octanol–water partition coefficient (Wildman–Crippen LogP) is 2.15. The van der Waals surface area contributed by atoms with E-state index in [4.69, 9.17) is 0 Å². The molecule has 0 saturated carbocycles. The van der Waals surface area contributed by atoms with Gasteiger partial charge in [0, 0.05) is 26.3 Å². The van der Waals surface area contributed by atoms with E-state index in [0.717, 1.165) is 43.0 Å². The summed E-state index contributed by atoms with van der Waals surface area (Å²) in [5.41, 5.74) is 1.82. The average Bonchev–Trinajstić information content (AvgIpc) is 2.77. The molecular formula is C13H17FN4. The fourth-order valence-corrected chi connectivity index (χ4v) is 2.58. The van der Waals surface area contributed by atoms with Crippen LogP contribution in [0.1, 0.15) is 12.8 Å². The van der Waals surface area contributed by atoms with Crippen LogP contribution < -0.4 is 4.90 Å². The molecule has 0 aromatic carbocycles. The maximum Gasteiger partial charge on any atom is 0.207 e. The molecule has 3 heterocycles. The van der Waals surface area contributed by atoms with Crippen molar-refractivity contribution >= 4 is 17.1 Å². The van der Waals surface area contributed by atoms with Gasteiger partial charge in [-0.3, -0.25) is 8.96 Å². The highest BCUT2D eigenvalue weighted by Crippen LogP contribution is 2.25. The minimum absolute atomic E-state index is 0.196. The van der Waals surface area contributed by atoms with Gasteiger partial charge in [-0.05, 0) is 30.9 Å². The third kappa shape index (κ3) is 1.83. The molecule has 1 fully saturated rings. The Kier molecular flexibility index (Phi) is 2.89. The smallest absolute Gasteiger partial charge is 0.207 e. The summed E-state index contributed by atoms with van der Waals surface area (Å²) in [7, 11) is 1.99. The van der Waals surface area contributed by atoms with Crippen molar-refractivity contribution in [3.63, 3.8) is 0 Å². The standard InChI is InChI=1S/C13H17FN4/c1-17-12-11(3-2-6-15-12)16-13(17)18-7-4-10(9-14)5-8-18/h2-3,6,10H,4-5,7-9H2,1H3. The van der Waals surface area contributed by atoms with Gasteiger partial charge in [-0.2, -0.15) is 0 Å². The lowest BCUT2D eigenvalue weighted by Crippen LogP contribution is -2.35. The monoisotopic (exact) mass is 248 g/mol. The van der Waals surface area contributed by atoms with E-state index in [1.165, 1.54) is 0 Å². The molecule has 1 saturated heterocycles. The molecule has 0 N–H and O–H groups in total. The Labute approximate surface area is 105 Å². The van der Waals surface area contributed by atoms with Crippen molar-refractivity contribution in [1.29, 1.82) is 0 Å². The molecule has 96 valence electrons. The van der Waals surface area contributed by atoms with Gasteiger partial charge >= 0.3 is 0 Å². The van der Waals surface area contributed by atoms with Crippen LogP contribution in [0.15, 0.2) is 18.3 Å². The molecule has 5 heteroatoms. The van der Waals surface area contributed by atoms with Crippen LogP contribution in [0, 0.1) is 5.92 Å². The van der Waals surface area contributed by atoms with Gasteiger partial charge in [0.2, 0.25) is 5.95 Å². The summed E-state index contributed by atoms with van der Waals surface area (Å²) < 4.78 is 14.6. The molecule has 18 heavy (non-hydrogen) atoms. The van der Waals surface area contributed by atoms with Crippen LogP contribution >= 0.6 is 0 Å². The molecule has 0 radical (unpaired) electrons. The van der Waals surface area contributed by atoms with Crippen molar-refractivity contribution in [2.75, 3.05) is 24.7 Å². The van der Waals surface area contributed by atoms with E-state index in [9.17, 15) is 4.39 Å². The van der Waals surface area contributed by atoms with Crippen LogP contribution in [0.2, 0.25) is 0 Å². The number of piperidine rings is 1. The number of anilines is 1. The number of aryl methyl sites for hydroxylation is 1. The van der Waals surface area contributed by atoms with Crippen LogP contribution in [0.25, 0.3) is 11.2 Å². The van der Waals surface area contributed by atoms with E-state index >= 15 is 0 Å². The maximum absolute atomic E-state index is 12.6. The quantitative estimate of drug-likeness (QED) is 0.816. The van der Waals surface area contributed by atoms with Gasteiger partial charge in [0.15, 0.2) is 5.65 Å². The molecule has 0 aliphatic carbocycles. The average molecular weight is 248 g/mol. The summed E-state index contributed by atoms with van der Waals surface area (Å²) in [6.07, 6.45) is 3.60. The number of imidazole rings is 1. The first kappa shape index (κ1) is 11.4. The fraction of sp³-hybridized carbons (Fsp3) is 0.538. The lowest BCUT2D eigenvalue weighted by atomic mass is 9.99. The Morgan fingerprint density at radius 1 is 1.39 bits per heavy atom. The number of aromatic nitrogens is 3. The number of hydrogen-bond donors (Lipinski definition) is 0. The molecule has 2 aromatic rings. The van der Waals surface area contributed by atoms with Crippen molar-refractivity contribution in [3.8, 4) is 0 Å². The third-order valence-corrected chi connectivity index (χ3v) is 3.72. The molecule has 2 aromatic heterocycles. The number of halogens is 1. The van der Waals surface area contributed by atoms with Gasteiger partial charge in [-0.25, -0.2) is 9.97 Å². The van der Waals surface area contributed by atoms with E-state index < -0.39 is 0 Å². The highest BCUT2D eigenvalue weighted by atomic mass is 19.1. The number of nitrogens with zero attached hydrogens (tertiary/aromatic N) is 4. The Hall–Kier alpha value is -1.65. The first-order chi connectivity index (χ1) is 8.79. The lowest BCUT2D eigenvalue weighted by Gasteiger charge is -2.31. The fourth-order valence-electron chi connectivity index (χ4n) is 2.58. The van der Waals surface area contributed by atoms with Gasteiger partial charge in [-0.1, -0.05) is 0 Å². The van der Waals surface area contributed by atoms with Gasteiger partial charge in [0.05, 0.1) is 6.67 Å². The summed E-state index contributed by atoms with van der Waals surface area (Å²) in [5.74, 6) is 1.18. The topological polar surface area (TPSA) is 34.0 Å². The Morgan fingerprint density at radius 3 is 2.83 bits per heavy atom. The largest absolute Gasteiger partial charge is 0.342 e. The zero-order valence-electron chi connectivity index (χ0n) is 10.5. The van der Waals surface area contributed by atoms with Gasteiger partial charge in [0.25, 0.3) is 0 Å². The van der Waals surface area contributed by atoms with Crippen molar-refractivity contribution in [1.82, 2.24) is 14.5 Å². The zero-order valence-corrected chi connectivity index (χ0v) is 10.5. The minimum Gasteiger partial charge on any atom is -0.342 e. The summed E-state index contributed by atoms with van der Waals surface area (Å²) in [5, 5.41) is 0. The van der Waals surface area contributed by atoms with Crippen molar-refractivity contribution in [3.05, 3.63) is 18.3 Å². The minimum atomic E-state index is -0.196. The first-order valence-electron chi connectivity index (χ1n) is 6.38. The highest BCUT2D eigenvalue weighted by molar-refractivity contribution is 5.74. The number of fused-ring (bicyclic) bond motifs is 1. The number of hydrogen-bond acceptors (Lipinski definition) is 3. The van der Waals surface area contributed by atoms with Crippen LogP contribution in [0.4, 0.5) is 10.3 Å². The van der Waals surface area contributed by atoms with E-state index in [-0.39, 0.29) is 12.6 Å². The summed E-state index contributed by atoms with van der Waals surface area (Å²) in [4.78, 5) is 11.2. The maximum atomic E-state index is 12.6. The SMILES string of the molecule is Cn1c(N2CCC(CF)CC2)nc2cccnc21. The van der Waals surface area contributed by atoms with Crippen molar-refractivity contribution in [2.24, 2.45) is 13.0 Å². The summed E-state index contributed by atoms with van der Waals surface area (Å²) >= 11 is 0. The molecule has 3 rings (SSSR count). The summed E-state index contributed by atoms with van der Waals surface area (Å²) in [6.45, 7) is 1.56. The molecule has 0 unspecified atom stereocenters. The number of alkyl halides is 1. The van der Waals surface area contributed by atoms with E-state index in [2.05, 4.69) is 14.9 Å². The molecule has 1 aliphatic heterocycles. The third-order valence-electron chi connectivity index (χ3n) is 3.72.